The molecule has 0 radical (unpaired) electrons. The Morgan fingerprint density at radius 3 is 2.27 bits per heavy atom. The number of carbonyl (C=O) groups excluding carboxylic acids is 4. The van der Waals surface area contributed by atoms with Gasteiger partial charge >= 0.3 is 6.03 Å². The van der Waals surface area contributed by atoms with Crippen molar-refractivity contribution >= 4 is 29.4 Å². The minimum absolute atomic E-state index is 0.300. The Morgan fingerprint density at radius 1 is 1.10 bits per heavy atom. The van der Waals surface area contributed by atoms with Crippen molar-refractivity contribution in [2.45, 2.75) is 18.9 Å². The van der Waals surface area contributed by atoms with Gasteiger partial charge in [-0.3, -0.25) is 19.3 Å². The Balaban J connectivity index is 1.74. The standard InChI is InChI=1S/C21H22N4O5/c1-3-21(14-6-10-16(30-2)11-7-14)19(28)25(20(29)24-21)12-17(26)23-15-8-4-13(5-9-15)18(22)27/h4-11H,3,12H2,1-2H3,(H2,22,27)(H,23,26)(H,24,29)/t21-/m0/s1. The minimum atomic E-state index is -1.24. The Kier molecular flexibility index (Phi) is 5.72. The van der Waals surface area contributed by atoms with E-state index in [9.17, 15) is 19.2 Å². The number of ether oxygens (including phenoxy) is 1. The summed E-state index contributed by atoms with van der Waals surface area (Å²) in [5.41, 5.74) is 5.26. The molecule has 2 aromatic carbocycles. The molecule has 1 fully saturated rings. The molecule has 1 heterocycles. The predicted molar refractivity (Wildman–Crippen MR) is 109 cm³/mol. The molecule has 0 bridgehead atoms. The van der Waals surface area contributed by atoms with Gasteiger partial charge in [0.05, 0.1) is 7.11 Å². The van der Waals surface area contributed by atoms with Crippen LogP contribution < -0.4 is 21.1 Å². The molecule has 3 rings (SSSR count). The minimum Gasteiger partial charge on any atom is -0.497 e. The fourth-order valence-corrected chi connectivity index (χ4v) is 3.35. The SMILES string of the molecule is CC[C@@]1(c2ccc(OC)cc2)NC(=O)N(CC(=O)Nc2ccc(C(N)=O)cc2)C1=O. The van der Waals surface area contributed by atoms with Crippen LogP contribution >= 0.6 is 0 Å². The molecule has 0 spiro atoms. The molecule has 30 heavy (non-hydrogen) atoms. The van der Waals surface area contributed by atoms with E-state index in [1.807, 2.05) is 0 Å². The van der Waals surface area contributed by atoms with Gasteiger partial charge in [-0.2, -0.15) is 0 Å². The van der Waals surface area contributed by atoms with Crippen LogP contribution in [0.2, 0.25) is 0 Å². The van der Waals surface area contributed by atoms with Gasteiger partial charge in [0.25, 0.3) is 5.91 Å². The van der Waals surface area contributed by atoms with Crippen LogP contribution in [0.25, 0.3) is 0 Å². The lowest BCUT2D eigenvalue weighted by Gasteiger charge is -2.26. The summed E-state index contributed by atoms with van der Waals surface area (Å²) < 4.78 is 5.14. The van der Waals surface area contributed by atoms with Crippen LogP contribution in [0.1, 0.15) is 29.3 Å². The number of imide groups is 1. The molecular formula is C21H22N4O5. The van der Waals surface area contributed by atoms with Crippen molar-refractivity contribution in [1.29, 1.82) is 0 Å². The molecule has 2 aromatic rings. The Bertz CT molecular complexity index is 987. The number of hydrogen-bond acceptors (Lipinski definition) is 5. The maximum Gasteiger partial charge on any atom is 0.325 e. The smallest absolute Gasteiger partial charge is 0.325 e. The largest absolute Gasteiger partial charge is 0.497 e. The summed E-state index contributed by atoms with van der Waals surface area (Å²) in [6, 6.07) is 12.2. The van der Waals surface area contributed by atoms with Crippen LogP contribution in [-0.4, -0.2) is 42.3 Å². The fourth-order valence-electron chi connectivity index (χ4n) is 3.35. The lowest BCUT2D eigenvalue weighted by Crippen LogP contribution is -2.44. The number of rotatable bonds is 7. The van der Waals surface area contributed by atoms with Crippen molar-refractivity contribution in [3.05, 3.63) is 59.7 Å². The molecule has 0 aromatic heterocycles. The molecule has 9 heteroatoms. The maximum atomic E-state index is 13.1. The van der Waals surface area contributed by atoms with Gasteiger partial charge in [0.15, 0.2) is 0 Å². The van der Waals surface area contributed by atoms with E-state index in [1.54, 1.807) is 31.2 Å². The number of amides is 5. The topological polar surface area (TPSA) is 131 Å². The third kappa shape index (κ3) is 3.82. The lowest BCUT2D eigenvalue weighted by atomic mass is 9.87. The van der Waals surface area contributed by atoms with Gasteiger partial charge in [0.1, 0.15) is 17.8 Å². The highest BCUT2D eigenvalue weighted by molar-refractivity contribution is 6.10. The van der Waals surface area contributed by atoms with E-state index in [-0.39, 0.29) is 0 Å². The van der Waals surface area contributed by atoms with Crippen molar-refractivity contribution in [3.63, 3.8) is 0 Å². The molecule has 1 aliphatic heterocycles. The van der Waals surface area contributed by atoms with Gasteiger partial charge in [-0.05, 0) is 48.4 Å². The second-order valence-electron chi connectivity index (χ2n) is 6.80. The first-order valence-corrected chi connectivity index (χ1v) is 9.29. The summed E-state index contributed by atoms with van der Waals surface area (Å²) in [6.07, 6.45) is 0.316. The van der Waals surface area contributed by atoms with Crippen molar-refractivity contribution < 1.29 is 23.9 Å². The van der Waals surface area contributed by atoms with Gasteiger partial charge in [-0.15, -0.1) is 0 Å². The number of benzene rings is 2. The molecule has 9 nitrogen and oxygen atoms in total. The van der Waals surface area contributed by atoms with Gasteiger partial charge < -0.3 is 21.1 Å². The molecular weight excluding hydrogens is 388 g/mol. The zero-order chi connectivity index (χ0) is 21.9. The highest BCUT2D eigenvalue weighted by Crippen LogP contribution is 2.33. The van der Waals surface area contributed by atoms with E-state index in [0.717, 1.165) is 4.90 Å². The highest BCUT2D eigenvalue weighted by atomic mass is 16.5. The highest BCUT2D eigenvalue weighted by Gasteiger charge is 2.51. The van der Waals surface area contributed by atoms with Gasteiger partial charge in [-0.1, -0.05) is 19.1 Å². The first-order valence-electron chi connectivity index (χ1n) is 9.29. The second-order valence-corrected chi connectivity index (χ2v) is 6.80. The third-order valence-electron chi connectivity index (χ3n) is 5.04. The number of nitrogens with zero attached hydrogens (tertiary/aromatic N) is 1. The van der Waals surface area contributed by atoms with Gasteiger partial charge in [0.2, 0.25) is 11.8 Å². The zero-order valence-electron chi connectivity index (χ0n) is 16.6. The van der Waals surface area contributed by atoms with Crippen LogP contribution in [0.5, 0.6) is 5.75 Å². The summed E-state index contributed by atoms with van der Waals surface area (Å²) in [5, 5.41) is 5.32. The molecule has 1 atom stereocenters. The van der Waals surface area contributed by atoms with E-state index in [0.29, 0.717) is 29.0 Å². The number of primary amides is 1. The number of methoxy groups -OCH3 is 1. The number of nitrogens with two attached hydrogens (primary N) is 1. The maximum absolute atomic E-state index is 13.1. The van der Waals surface area contributed by atoms with Crippen LogP contribution in [0.15, 0.2) is 48.5 Å². The van der Waals surface area contributed by atoms with E-state index < -0.39 is 35.8 Å². The monoisotopic (exact) mass is 410 g/mol. The Hall–Kier alpha value is -3.88. The average Bonchev–Trinajstić information content (AvgIpc) is 2.99. The Labute approximate surface area is 173 Å². The fraction of sp³-hybridized carbons (Fsp3) is 0.238. The van der Waals surface area contributed by atoms with E-state index in [2.05, 4.69) is 10.6 Å². The summed E-state index contributed by atoms with van der Waals surface area (Å²) in [7, 11) is 1.54. The normalized spacial score (nSPS) is 18.1. The molecule has 5 amide bonds. The molecule has 1 saturated heterocycles. The van der Waals surface area contributed by atoms with Crippen molar-refractivity contribution in [1.82, 2.24) is 10.2 Å². The first-order chi connectivity index (χ1) is 14.3. The molecule has 0 aliphatic carbocycles. The molecule has 4 N–H and O–H groups in total. The van der Waals surface area contributed by atoms with Crippen molar-refractivity contribution in [3.8, 4) is 5.75 Å². The van der Waals surface area contributed by atoms with E-state index >= 15 is 0 Å². The zero-order valence-corrected chi connectivity index (χ0v) is 16.6. The van der Waals surface area contributed by atoms with Crippen LogP contribution in [-0.2, 0) is 15.1 Å². The van der Waals surface area contributed by atoms with E-state index in [4.69, 9.17) is 10.5 Å². The number of anilines is 1. The second kappa shape index (κ2) is 8.24. The average molecular weight is 410 g/mol. The molecule has 0 unspecified atom stereocenters. The number of carbonyl (C=O) groups is 4. The summed E-state index contributed by atoms with van der Waals surface area (Å²) in [6.45, 7) is 1.34. The number of urea groups is 1. The molecule has 0 saturated carbocycles. The van der Waals surface area contributed by atoms with Crippen LogP contribution in [0.3, 0.4) is 0 Å². The lowest BCUT2D eigenvalue weighted by molar-refractivity contribution is -0.134. The Morgan fingerprint density at radius 2 is 1.73 bits per heavy atom. The van der Waals surface area contributed by atoms with Crippen molar-refractivity contribution in [2.75, 3.05) is 19.0 Å². The molecule has 156 valence electrons. The third-order valence-corrected chi connectivity index (χ3v) is 5.04. The molecule has 1 aliphatic rings. The van der Waals surface area contributed by atoms with Gasteiger partial charge in [-0.25, -0.2) is 4.79 Å². The van der Waals surface area contributed by atoms with E-state index in [1.165, 1.54) is 31.4 Å². The van der Waals surface area contributed by atoms with Crippen LogP contribution in [0, 0.1) is 0 Å². The summed E-state index contributed by atoms with van der Waals surface area (Å²) in [5.74, 6) is -1.01. The quantitative estimate of drug-likeness (QED) is 0.597. The summed E-state index contributed by atoms with van der Waals surface area (Å²) >= 11 is 0. The van der Waals surface area contributed by atoms with Gasteiger partial charge in [0, 0.05) is 11.3 Å². The van der Waals surface area contributed by atoms with Crippen molar-refractivity contribution in [2.24, 2.45) is 5.73 Å². The predicted octanol–water partition coefficient (Wildman–Crippen LogP) is 1.59. The number of nitrogens with one attached hydrogen (secondary N) is 2. The number of hydrogen-bond donors (Lipinski definition) is 3. The first kappa shape index (κ1) is 20.8. The van der Waals surface area contributed by atoms with Crippen LogP contribution in [0.4, 0.5) is 10.5 Å². The summed E-state index contributed by atoms with van der Waals surface area (Å²) in [4.78, 5) is 50.0.